The van der Waals surface area contributed by atoms with E-state index in [-0.39, 0.29) is 110 Å². The highest BCUT2D eigenvalue weighted by molar-refractivity contribution is 6.12. The predicted molar refractivity (Wildman–Crippen MR) is 207 cm³/mol. The molecule has 0 bridgehead atoms. The van der Waals surface area contributed by atoms with Gasteiger partial charge in [-0.25, -0.2) is 0 Å². The molecule has 20 nitrogen and oxygen atoms in total. The van der Waals surface area contributed by atoms with Crippen LogP contribution in [0.3, 0.4) is 0 Å². The summed E-state index contributed by atoms with van der Waals surface area (Å²) in [4.78, 5) is 119. The van der Waals surface area contributed by atoms with Gasteiger partial charge in [-0.2, -0.15) is 0 Å². The fraction of sp³-hybridized carbons (Fsp3) is 0.564. The lowest BCUT2D eigenvalue weighted by Gasteiger charge is -2.35. The summed E-state index contributed by atoms with van der Waals surface area (Å²) in [6.07, 6.45) is 3.29. The van der Waals surface area contributed by atoms with Gasteiger partial charge in [0.1, 0.15) is 0 Å². The van der Waals surface area contributed by atoms with Gasteiger partial charge in [-0.05, 0) is 36.5 Å². The average Bonchev–Trinajstić information content (AvgIpc) is 3.50. The third-order valence-corrected chi connectivity index (χ3v) is 10.6. The van der Waals surface area contributed by atoms with Gasteiger partial charge in [0.15, 0.2) is 5.78 Å². The topological polar surface area (TPSA) is 266 Å². The molecule has 1 aromatic carbocycles. The minimum Gasteiger partial charge on any atom is -0.481 e. The number of benzene rings is 1. The molecule has 0 unspecified atom stereocenters. The van der Waals surface area contributed by atoms with Crippen LogP contribution < -0.4 is 5.32 Å². The van der Waals surface area contributed by atoms with Crippen LogP contribution in [0, 0.1) is 5.92 Å². The molecule has 4 rings (SSSR count). The lowest BCUT2D eigenvalue weighted by Crippen LogP contribution is -2.50. The monoisotopic (exact) mass is 827 g/mol. The number of carboxylic acid groups (broad SMARTS) is 4. The van der Waals surface area contributed by atoms with Gasteiger partial charge in [-0.15, -0.1) is 0 Å². The summed E-state index contributed by atoms with van der Waals surface area (Å²) in [6, 6.07) is 5.09. The highest BCUT2D eigenvalue weighted by atomic mass is 16.4. The molecule has 1 fully saturated rings. The van der Waals surface area contributed by atoms with E-state index in [1.165, 1.54) is 12.2 Å². The van der Waals surface area contributed by atoms with E-state index in [0.29, 0.717) is 43.5 Å². The van der Waals surface area contributed by atoms with Gasteiger partial charge < -0.3 is 30.6 Å². The van der Waals surface area contributed by atoms with Crippen LogP contribution in [0.4, 0.5) is 0 Å². The lowest BCUT2D eigenvalue weighted by molar-refractivity contribution is -0.144. The number of carboxylic acids is 4. The number of fused-ring (bicyclic) bond motifs is 1. The molecule has 0 aromatic heterocycles. The molecule has 3 aliphatic heterocycles. The lowest BCUT2D eigenvalue weighted by atomic mass is 9.93. The van der Waals surface area contributed by atoms with Gasteiger partial charge in [-0.1, -0.05) is 18.6 Å². The number of hydrogen-bond acceptors (Lipinski definition) is 13. The summed E-state index contributed by atoms with van der Waals surface area (Å²) >= 11 is 0. The first kappa shape index (κ1) is 46.1. The van der Waals surface area contributed by atoms with Gasteiger partial charge >= 0.3 is 23.9 Å². The molecule has 322 valence electrons. The fourth-order valence-corrected chi connectivity index (χ4v) is 7.36. The number of hydrogen-bond donors (Lipinski definition) is 5. The van der Waals surface area contributed by atoms with Crippen LogP contribution in [0.25, 0.3) is 0 Å². The normalized spacial score (nSPS) is 18.1. The molecule has 1 atom stereocenters. The van der Waals surface area contributed by atoms with Crippen LogP contribution in [0.5, 0.6) is 0 Å². The van der Waals surface area contributed by atoms with Crippen LogP contribution >= 0.6 is 0 Å². The number of aliphatic carboxylic acids is 4. The third-order valence-electron chi connectivity index (χ3n) is 10.6. The Hall–Kier alpha value is -5.57. The van der Waals surface area contributed by atoms with E-state index in [1.54, 1.807) is 37.8 Å². The van der Waals surface area contributed by atoms with Crippen LogP contribution in [0.1, 0.15) is 47.2 Å². The highest BCUT2D eigenvalue weighted by Gasteiger charge is 2.28. The molecule has 0 saturated carbocycles. The second-order valence-corrected chi connectivity index (χ2v) is 14.9. The molecule has 5 N–H and O–H groups in total. The Morgan fingerprint density at radius 3 is 1.66 bits per heavy atom. The summed E-state index contributed by atoms with van der Waals surface area (Å²) in [6.45, 7) is 1.51. The number of Topliss-reactive ketones (excluding diaryl/α,β-unsaturated/α-hetero) is 1. The SMILES string of the molecule is O=C(O)CN1CCN(CC(=O)O)CCN(CC(=O)N2CCc3c(cccc3C(=O)NCC(=O)C[C@@H](CCCCN3C(=O)C=CC3=O)C(=O)O)C2)CCN(CC(=O)O)CC1. The van der Waals surface area contributed by atoms with Crippen LogP contribution in [-0.4, -0.2) is 201 Å². The summed E-state index contributed by atoms with van der Waals surface area (Å²) in [5, 5.41) is 40.7. The van der Waals surface area contributed by atoms with Gasteiger partial charge in [0.25, 0.3) is 17.7 Å². The number of ketones is 1. The molecule has 3 aliphatic rings. The minimum absolute atomic E-state index is 0.0306. The van der Waals surface area contributed by atoms with Crippen molar-refractivity contribution in [1.82, 2.24) is 34.7 Å². The molecule has 3 heterocycles. The van der Waals surface area contributed by atoms with Crippen molar-refractivity contribution < 1.29 is 63.6 Å². The Balaban J connectivity index is 1.32. The Kier molecular flexibility index (Phi) is 17.6. The van der Waals surface area contributed by atoms with E-state index in [1.807, 2.05) is 4.90 Å². The number of amides is 4. The van der Waals surface area contributed by atoms with Crippen molar-refractivity contribution in [2.75, 3.05) is 98.2 Å². The third kappa shape index (κ3) is 15.0. The maximum Gasteiger partial charge on any atom is 0.317 e. The van der Waals surface area contributed by atoms with Crippen molar-refractivity contribution in [2.45, 2.75) is 38.6 Å². The minimum atomic E-state index is -1.16. The maximum absolute atomic E-state index is 13.7. The number of imide groups is 1. The molecule has 1 aromatic rings. The van der Waals surface area contributed by atoms with E-state index in [2.05, 4.69) is 5.32 Å². The van der Waals surface area contributed by atoms with Crippen LogP contribution in [0.15, 0.2) is 30.4 Å². The molecular formula is C39H53N7O13. The molecule has 20 heteroatoms. The maximum atomic E-state index is 13.7. The summed E-state index contributed by atoms with van der Waals surface area (Å²) in [5.41, 5.74) is 1.79. The Morgan fingerprint density at radius 1 is 0.661 bits per heavy atom. The van der Waals surface area contributed by atoms with Gasteiger partial charge in [0.05, 0.1) is 38.6 Å². The van der Waals surface area contributed by atoms with Gasteiger partial charge in [-0.3, -0.25) is 67.7 Å². The predicted octanol–water partition coefficient (Wildman–Crippen LogP) is -1.47. The number of carbonyl (C=O) groups is 9. The average molecular weight is 828 g/mol. The second kappa shape index (κ2) is 22.5. The zero-order valence-electron chi connectivity index (χ0n) is 33.0. The van der Waals surface area contributed by atoms with E-state index >= 15 is 0 Å². The van der Waals surface area contributed by atoms with Crippen LogP contribution in [-0.2, 0) is 51.3 Å². The molecule has 59 heavy (non-hydrogen) atoms. The number of nitrogens with one attached hydrogen (secondary N) is 1. The molecular weight excluding hydrogens is 774 g/mol. The van der Waals surface area contributed by atoms with Crippen molar-refractivity contribution in [3.8, 4) is 0 Å². The van der Waals surface area contributed by atoms with E-state index in [4.69, 9.17) is 0 Å². The molecule has 0 radical (unpaired) electrons. The zero-order valence-corrected chi connectivity index (χ0v) is 33.0. The van der Waals surface area contributed by atoms with E-state index < -0.39 is 53.3 Å². The molecule has 0 spiro atoms. The second-order valence-electron chi connectivity index (χ2n) is 14.9. The summed E-state index contributed by atoms with van der Waals surface area (Å²) < 4.78 is 0. The molecule has 0 aliphatic carbocycles. The van der Waals surface area contributed by atoms with Crippen molar-refractivity contribution >= 4 is 53.3 Å². The highest BCUT2D eigenvalue weighted by Crippen LogP contribution is 2.23. The molecule has 4 amide bonds. The Labute approximate surface area is 341 Å². The van der Waals surface area contributed by atoms with Gasteiger partial charge in [0, 0.05) is 96.1 Å². The van der Waals surface area contributed by atoms with E-state index in [9.17, 15) is 63.6 Å². The number of nitrogens with zero attached hydrogens (tertiary/aromatic N) is 6. The van der Waals surface area contributed by atoms with Crippen molar-refractivity contribution in [3.05, 3.63) is 47.0 Å². The number of unbranched alkanes of at least 4 members (excludes halogenated alkanes) is 1. The summed E-state index contributed by atoms with van der Waals surface area (Å²) in [5.74, 6) is -7.36. The standard InChI is InChI=1S/C39H53N7O13/c47-29(20-27(39(58)59)4-1-2-10-46-32(48)7-8-33(46)49)21-40-38(57)31-6-3-5-28-22-45(11-9-30(28)31)34(50)23-41-12-14-42(24-35(51)52)16-18-44(26-37(55)56)19-17-43(15-13-41)25-36(53)54/h3,5-8,27H,1-2,4,9-26H2,(H,40,57)(H,51,52)(H,53,54)(H,55,56)(H,58,59)/t27-/m1/s1. The Bertz CT molecular complexity index is 1740. The summed E-state index contributed by atoms with van der Waals surface area (Å²) in [7, 11) is 0. The molecule has 1 saturated heterocycles. The fourth-order valence-electron chi connectivity index (χ4n) is 7.36. The number of rotatable bonds is 19. The van der Waals surface area contributed by atoms with Gasteiger partial charge in [0.2, 0.25) is 5.91 Å². The van der Waals surface area contributed by atoms with Crippen molar-refractivity contribution in [2.24, 2.45) is 5.92 Å². The van der Waals surface area contributed by atoms with E-state index in [0.717, 1.165) is 10.5 Å². The van der Waals surface area contributed by atoms with Crippen LogP contribution in [0.2, 0.25) is 0 Å². The first-order valence-electron chi connectivity index (χ1n) is 19.6. The smallest absolute Gasteiger partial charge is 0.317 e. The van der Waals surface area contributed by atoms with Crippen molar-refractivity contribution in [3.63, 3.8) is 0 Å². The van der Waals surface area contributed by atoms with Crippen molar-refractivity contribution in [1.29, 1.82) is 0 Å². The quantitative estimate of drug-likeness (QED) is 0.0787. The number of carbonyl (C=O) groups excluding carboxylic acids is 5. The Morgan fingerprint density at radius 2 is 1.17 bits per heavy atom. The largest absolute Gasteiger partial charge is 0.481 e. The first-order chi connectivity index (χ1) is 28.1. The first-order valence-corrected chi connectivity index (χ1v) is 19.6. The zero-order chi connectivity index (χ0) is 43.1.